The van der Waals surface area contributed by atoms with Crippen molar-refractivity contribution in [1.29, 1.82) is 5.26 Å². The highest BCUT2D eigenvalue weighted by Crippen LogP contribution is 2.19. The van der Waals surface area contributed by atoms with Gasteiger partial charge in [-0.2, -0.15) is 10.4 Å². The fourth-order valence-corrected chi connectivity index (χ4v) is 3.28. The highest BCUT2D eigenvalue weighted by molar-refractivity contribution is 6.06. The van der Waals surface area contributed by atoms with Gasteiger partial charge in [0.2, 0.25) is 0 Å². The normalized spacial score (nSPS) is 10.3. The molecule has 0 aliphatic heterocycles. The molecule has 1 aromatic heterocycles. The van der Waals surface area contributed by atoms with Gasteiger partial charge in [0.05, 0.1) is 17.4 Å². The first-order chi connectivity index (χ1) is 16.5. The molecule has 3 aromatic carbocycles. The van der Waals surface area contributed by atoms with E-state index >= 15 is 0 Å². The van der Waals surface area contributed by atoms with Gasteiger partial charge in [0, 0.05) is 17.8 Å². The molecule has 9 heteroatoms. The zero-order chi connectivity index (χ0) is 24.1. The van der Waals surface area contributed by atoms with E-state index in [1.807, 2.05) is 6.07 Å². The monoisotopic (exact) mass is 452 g/mol. The Labute approximate surface area is 195 Å². The average molecular weight is 452 g/mol. The highest BCUT2D eigenvalue weighted by Gasteiger charge is 2.12. The van der Waals surface area contributed by atoms with Crippen molar-refractivity contribution in [2.75, 3.05) is 11.1 Å². The van der Waals surface area contributed by atoms with E-state index in [4.69, 9.17) is 11.0 Å². The minimum Gasteiger partial charge on any atom is -0.507 e. The van der Waals surface area contributed by atoms with Crippen LogP contribution in [0.25, 0.3) is 5.69 Å². The van der Waals surface area contributed by atoms with Gasteiger partial charge in [-0.3, -0.25) is 9.59 Å². The summed E-state index contributed by atoms with van der Waals surface area (Å²) in [7, 11) is 0. The number of nitrogens with zero attached hydrogens (tertiary/aromatic N) is 3. The lowest BCUT2D eigenvalue weighted by Crippen LogP contribution is -2.23. The standard InChI is InChI=1S/C25H20N6O3/c26-13-18-15-29-31(23(18)27)20-5-3-4-17(12-20)24(33)28-14-16-8-10-19(11-9-16)30-25(34)21-6-1-2-7-22(21)32/h1-12,15,32H,14,27H2,(H,28,33)(H,30,34). The molecule has 9 nitrogen and oxygen atoms in total. The number of hydrogen-bond acceptors (Lipinski definition) is 6. The zero-order valence-electron chi connectivity index (χ0n) is 17.9. The topological polar surface area (TPSA) is 146 Å². The van der Waals surface area contributed by atoms with E-state index in [1.165, 1.54) is 23.0 Å². The second-order valence-electron chi connectivity index (χ2n) is 7.37. The molecule has 0 aliphatic rings. The smallest absolute Gasteiger partial charge is 0.259 e. The summed E-state index contributed by atoms with van der Waals surface area (Å²) >= 11 is 0. The van der Waals surface area contributed by atoms with Crippen LogP contribution in [-0.4, -0.2) is 26.7 Å². The van der Waals surface area contributed by atoms with E-state index in [9.17, 15) is 14.7 Å². The quantitative estimate of drug-likeness (QED) is 0.353. The van der Waals surface area contributed by atoms with E-state index < -0.39 is 5.91 Å². The van der Waals surface area contributed by atoms with E-state index in [0.717, 1.165) is 5.56 Å². The number of amides is 2. The Hall–Kier alpha value is -5.10. The number of carbonyl (C=O) groups excluding carboxylic acids is 2. The minimum atomic E-state index is -0.418. The molecule has 0 radical (unpaired) electrons. The Balaban J connectivity index is 1.38. The molecule has 34 heavy (non-hydrogen) atoms. The summed E-state index contributed by atoms with van der Waals surface area (Å²) in [5.41, 5.74) is 8.74. The molecule has 1 heterocycles. The summed E-state index contributed by atoms with van der Waals surface area (Å²) in [5.74, 6) is -0.595. The first-order valence-corrected chi connectivity index (χ1v) is 10.3. The first-order valence-electron chi connectivity index (χ1n) is 10.3. The number of aromatic hydroxyl groups is 1. The van der Waals surface area contributed by atoms with E-state index in [-0.39, 0.29) is 35.1 Å². The fourth-order valence-electron chi connectivity index (χ4n) is 3.28. The van der Waals surface area contributed by atoms with Gasteiger partial charge in [-0.05, 0) is 48.0 Å². The van der Waals surface area contributed by atoms with Crippen LogP contribution >= 0.6 is 0 Å². The van der Waals surface area contributed by atoms with Crippen molar-refractivity contribution in [3.63, 3.8) is 0 Å². The molecule has 0 spiro atoms. The Bertz CT molecular complexity index is 1400. The van der Waals surface area contributed by atoms with Crippen LogP contribution in [-0.2, 0) is 6.54 Å². The molecule has 4 aromatic rings. The summed E-state index contributed by atoms with van der Waals surface area (Å²) in [4.78, 5) is 24.9. The maximum absolute atomic E-state index is 12.6. The van der Waals surface area contributed by atoms with Gasteiger partial charge in [0.25, 0.3) is 11.8 Å². The number of carbonyl (C=O) groups is 2. The lowest BCUT2D eigenvalue weighted by atomic mass is 10.1. The molecule has 0 saturated heterocycles. The number of nitrogen functional groups attached to an aromatic ring is 1. The number of phenolic OH excluding ortho intramolecular Hbond substituents is 1. The van der Waals surface area contributed by atoms with Crippen molar-refractivity contribution in [1.82, 2.24) is 15.1 Å². The molecule has 4 rings (SSSR count). The van der Waals surface area contributed by atoms with Crippen molar-refractivity contribution in [2.45, 2.75) is 6.54 Å². The second kappa shape index (κ2) is 9.58. The van der Waals surface area contributed by atoms with Crippen LogP contribution in [0.5, 0.6) is 5.75 Å². The minimum absolute atomic E-state index is 0.0934. The van der Waals surface area contributed by atoms with Crippen molar-refractivity contribution in [3.8, 4) is 17.5 Å². The summed E-state index contributed by atoms with van der Waals surface area (Å²) < 4.78 is 1.40. The number of aromatic nitrogens is 2. The Morgan fingerprint density at radius 2 is 1.79 bits per heavy atom. The van der Waals surface area contributed by atoms with Crippen LogP contribution in [0, 0.1) is 11.3 Å². The van der Waals surface area contributed by atoms with Gasteiger partial charge in [0.15, 0.2) is 0 Å². The van der Waals surface area contributed by atoms with E-state index in [1.54, 1.807) is 60.7 Å². The Kier molecular flexibility index (Phi) is 6.23. The summed E-state index contributed by atoms with van der Waals surface area (Å²) in [6.45, 7) is 0.277. The first kappa shape index (κ1) is 22.1. The van der Waals surface area contributed by atoms with Crippen LogP contribution in [0.1, 0.15) is 31.8 Å². The van der Waals surface area contributed by atoms with Gasteiger partial charge >= 0.3 is 0 Å². The third-order valence-corrected chi connectivity index (χ3v) is 5.09. The number of benzene rings is 3. The molecule has 168 valence electrons. The van der Waals surface area contributed by atoms with Crippen LogP contribution in [0.2, 0.25) is 0 Å². The average Bonchev–Trinajstić information content (AvgIpc) is 3.24. The Morgan fingerprint density at radius 3 is 2.50 bits per heavy atom. The van der Waals surface area contributed by atoms with Crippen molar-refractivity contribution in [2.24, 2.45) is 0 Å². The van der Waals surface area contributed by atoms with Gasteiger partial charge in [-0.1, -0.05) is 30.3 Å². The number of nitriles is 1. The van der Waals surface area contributed by atoms with Crippen molar-refractivity contribution >= 4 is 23.3 Å². The third kappa shape index (κ3) is 4.71. The lowest BCUT2D eigenvalue weighted by Gasteiger charge is -2.10. The molecule has 0 aliphatic carbocycles. The van der Waals surface area contributed by atoms with Crippen LogP contribution in [0.3, 0.4) is 0 Å². The molecule has 0 atom stereocenters. The fraction of sp³-hybridized carbons (Fsp3) is 0.0400. The molecular formula is C25H20N6O3. The summed E-state index contributed by atoms with van der Waals surface area (Å²) in [6, 6.07) is 22.0. The molecular weight excluding hydrogens is 432 g/mol. The lowest BCUT2D eigenvalue weighted by molar-refractivity contribution is 0.0950. The molecule has 2 amide bonds. The second-order valence-corrected chi connectivity index (χ2v) is 7.37. The summed E-state index contributed by atoms with van der Waals surface area (Å²) in [5, 5.41) is 28.5. The highest BCUT2D eigenvalue weighted by atomic mass is 16.3. The van der Waals surface area contributed by atoms with Crippen LogP contribution < -0.4 is 16.4 Å². The van der Waals surface area contributed by atoms with E-state index in [0.29, 0.717) is 16.9 Å². The number of phenols is 1. The summed E-state index contributed by atoms with van der Waals surface area (Å²) in [6.07, 6.45) is 1.37. The number of rotatable bonds is 6. The SMILES string of the molecule is N#Cc1cnn(-c2cccc(C(=O)NCc3ccc(NC(=O)c4ccccc4O)cc3)c2)c1N. The molecule has 0 saturated carbocycles. The Morgan fingerprint density at radius 1 is 1.03 bits per heavy atom. The van der Waals surface area contributed by atoms with Crippen molar-refractivity contribution in [3.05, 3.63) is 101 Å². The van der Waals surface area contributed by atoms with Gasteiger partial charge in [-0.25, -0.2) is 4.68 Å². The van der Waals surface area contributed by atoms with Gasteiger partial charge < -0.3 is 21.5 Å². The maximum Gasteiger partial charge on any atom is 0.259 e. The molecule has 0 bridgehead atoms. The number of anilines is 2. The number of nitrogens with one attached hydrogen (secondary N) is 2. The number of nitrogens with two attached hydrogens (primary N) is 1. The maximum atomic E-state index is 12.6. The predicted molar refractivity (Wildman–Crippen MR) is 126 cm³/mol. The largest absolute Gasteiger partial charge is 0.507 e. The van der Waals surface area contributed by atoms with E-state index in [2.05, 4.69) is 15.7 Å². The molecule has 0 unspecified atom stereocenters. The zero-order valence-corrected chi connectivity index (χ0v) is 17.9. The number of para-hydroxylation sites is 1. The van der Waals surface area contributed by atoms with Crippen molar-refractivity contribution < 1.29 is 14.7 Å². The van der Waals surface area contributed by atoms with Crippen LogP contribution in [0.4, 0.5) is 11.5 Å². The third-order valence-electron chi connectivity index (χ3n) is 5.09. The number of hydrogen-bond donors (Lipinski definition) is 4. The van der Waals surface area contributed by atoms with Crippen LogP contribution in [0.15, 0.2) is 79.0 Å². The molecule has 5 N–H and O–H groups in total. The molecule has 0 fully saturated rings. The predicted octanol–water partition coefficient (Wildman–Crippen LogP) is 3.21. The van der Waals surface area contributed by atoms with Gasteiger partial charge in [-0.15, -0.1) is 0 Å². The van der Waals surface area contributed by atoms with Gasteiger partial charge in [0.1, 0.15) is 23.2 Å².